The van der Waals surface area contributed by atoms with Crippen molar-refractivity contribution in [1.29, 1.82) is 0 Å². The van der Waals surface area contributed by atoms with Crippen molar-refractivity contribution in [2.75, 3.05) is 0 Å². The van der Waals surface area contributed by atoms with E-state index in [1.807, 2.05) is 0 Å². The van der Waals surface area contributed by atoms with E-state index in [2.05, 4.69) is 0 Å². The monoisotopic (exact) mass is 984 g/mol. The van der Waals surface area contributed by atoms with Crippen LogP contribution in [0.5, 0.6) is 0 Å². The van der Waals surface area contributed by atoms with Crippen molar-refractivity contribution >= 4 is 17.9 Å². The smallest absolute Gasteiger partial charge is 0.335 e. The van der Waals surface area contributed by atoms with Gasteiger partial charge in [-0.25, -0.2) is 14.4 Å². The van der Waals surface area contributed by atoms with Crippen LogP contribution in [-0.2, 0) is 66.5 Å². The van der Waals surface area contributed by atoms with E-state index in [1.165, 1.54) is 20.8 Å². The Bertz CT molecular complexity index is 1700. The van der Waals surface area contributed by atoms with Gasteiger partial charge in [-0.15, -0.1) is 0 Å². The summed E-state index contributed by atoms with van der Waals surface area (Å²) in [6, 6.07) is 0. The molecule has 0 amide bonds. The first-order valence-electron chi connectivity index (χ1n) is 20.7. The summed E-state index contributed by atoms with van der Waals surface area (Å²) in [5, 5.41) is 180. The molecule has 1 unspecified atom stereocenters. The summed E-state index contributed by atoms with van der Waals surface area (Å²) < 4.78 is 59.9. The molecule has 6 aliphatic heterocycles. The molecule has 6 heterocycles. The lowest BCUT2D eigenvalue weighted by atomic mass is 9.95. The number of aliphatic hydroxyl groups excluding tert-OH is 14. The molecule has 30 atom stereocenters. The number of carboxylic acid groups (broad SMARTS) is 3. The van der Waals surface area contributed by atoms with Crippen LogP contribution in [0.3, 0.4) is 0 Å². The van der Waals surface area contributed by atoms with Crippen molar-refractivity contribution in [2.24, 2.45) is 0 Å². The summed E-state index contributed by atoms with van der Waals surface area (Å²) in [5.74, 6) is -5.67. The average molecular weight is 985 g/mol. The molecule has 0 saturated carbocycles. The van der Waals surface area contributed by atoms with Gasteiger partial charge >= 0.3 is 17.9 Å². The van der Waals surface area contributed by atoms with Gasteiger partial charge in [0.25, 0.3) is 0 Å². The second kappa shape index (κ2) is 21.4. The minimum Gasteiger partial charge on any atom is -0.479 e. The largest absolute Gasteiger partial charge is 0.479 e. The molecule has 17 N–H and O–H groups in total. The van der Waals surface area contributed by atoms with Crippen molar-refractivity contribution in [2.45, 2.75) is 205 Å². The van der Waals surface area contributed by atoms with Gasteiger partial charge in [0, 0.05) is 0 Å². The second-order valence-electron chi connectivity index (χ2n) is 16.8. The number of aliphatic hydroxyl groups is 14. The predicted molar refractivity (Wildman–Crippen MR) is 197 cm³/mol. The molecular weight excluding hydrogens is 928 g/mol. The Labute approximate surface area is 376 Å². The highest BCUT2D eigenvalue weighted by Crippen LogP contribution is 2.37. The van der Waals surface area contributed by atoms with E-state index in [1.54, 1.807) is 0 Å². The first-order chi connectivity index (χ1) is 31.3. The first-order valence-corrected chi connectivity index (χ1v) is 20.7. The molecule has 6 saturated heterocycles. The molecular formula is C36H56O31. The lowest BCUT2D eigenvalue weighted by molar-refractivity contribution is -0.399. The van der Waals surface area contributed by atoms with Crippen LogP contribution in [0.25, 0.3) is 0 Å². The summed E-state index contributed by atoms with van der Waals surface area (Å²) in [6.07, 6.45) is -62.0. The molecule has 31 heteroatoms. The van der Waals surface area contributed by atoms with Gasteiger partial charge in [0.1, 0.15) is 110 Å². The molecule has 6 rings (SSSR count). The van der Waals surface area contributed by atoms with Crippen LogP contribution in [0.2, 0.25) is 0 Å². The van der Waals surface area contributed by atoms with Gasteiger partial charge in [0.15, 0.2) is 56.1 Å². The second-order valence-corrected chi connectivity index (χ2v) is 16.8. The van der Waals surface area contributed by atoms with Crippen LogP contribution in [0.1, 0.15) is 20.8 Å². The van der Waals surface area contributed by atoms with Crippen molar-refractivity contribution in [1.82, 2.24) is 0 Å². The van der Waals surface area contributed by atoms with Crippen LogP contribution < -0.4 is 0 Å². The minimum atomic E-state index is -2.44. The summed E-state index contributed by atoms with van der Waals surface area (Å²) in [4.78, 5) is 36.8. The van der Waals surface area contributed by atoms with E-state index >= 15 is 0 Å². The summed E-state index contributed by atoms with van der Waals surface area (Å²) in [6.45, 7) is 3.69. The van der Waals surface area contributed by atoms with Gasteiger partial charge in [-0.1, -0.05) is 0 Å². The van der Waals surface area contributed by atoms with Gasteiger partial charge < -0.3 is 139 Å². The Kier molecular flexibility index (Phi) is 17.2. The van der Waals surface area contributed by atoms with Crippen LogP contribution >= 0.6 is 0 Å². The molecule has 0 aromatic heterocycles. The molecule has 0 aromatic rings. The number of carboxylic acids is 3. The maximum Gasteiger partial charge on any atom is 0.335 e. The maximum absolute atomic E-state index is 12.7. The molecule has 0 bridgehead atoms. The van der Waals surface area contributed by atoms with E-state index in [-0.39, 0.29) is 0 Å². The van der Waals surface area contributed by atoms with Gasteiger partial charge in [-0.2, -0.15) is 0 Å². The van der Waals surface area contributed by atoms with Crippen LogP contribution in [0.15, 0.2) is 0 Å². The minimum absolute atomic E-state index is 1.10. The normalized spacial score (nSPS) is 53.1. The Morgan fingerprint density at radius 3 is 0.955 bits per heavy atom. The number of hydrogen-bond acceptors (Lipinski definition) is 28. The number of rotatable bonds is 13. The number of hydrogen-bond donors (Lipinski definition) is 17. The molecule has 6 aliphatic rings. The van der Waals surface area contributed by atoms with Crippen molar-refractivity contribution in [3.8, 4) is 0 Å². The fourth-order valence-corrected chi connectivity index (χ4v) is 8.22. The van der Waals surface area contributed by atoms with Crippen molar-refractivity contribution < 1.29 is 153 Å². The first kappa shape index (κ1) is 53.8. The van der Waals surface area contributed by atoms with Crippen molar-refractivity contribution in [3.63, 3.8) is 0 Å². The van der Waals surface area contributed by atoms with Crippen LogP contribution in [0, 0.1) is 0 Å². The Morgan fingerprint density at radius 1 is 0.299 bits per heavy atom. The third-order valence-corrected chi connectivity index (χ3v) is 12.2. The Balaban J connectivity index is 1.20. The third-order valence-electron chi connectivity index (χ3n) is 12.2. The number of carbonyl (C=O) groups is 3. The zero-order valence-corrected chi connectivity index (χ0v) is 35.1. The van der Waals surface area contributed by atoms with E-state index in [0.29, 0.717) is 0 Å². The lowest BCUT2D eigenvalue weighted by Crippen LogP contribution is -2.68. The Hall–Kier alpha value is -2.59. The van der Waals surface area contributed by atoms with Gasteiger partial charge in [0.05, 0.1) is 18.3 Å². The lowest BCUT2D eigenvalue weighted by Gasteiger charge is -2.49. The number of ether oxygens (including phenoxy) is 11. The fourth-order valence-electron chi connectivity index (χ4n) is 8.22. The van der Waals surface area contributed by atoms with Gasteiger partial charge in [0.2, 0.25) is 0 Å². The zero-order chi connectivity index (χ0) is 49.8. The van der Waals surface area contributed by atoms with E-state index in [4.69, 9.17) is 52.1 Å². The third kappa shape index (κ3) is 10.7. The summed E-state index contributed by atoms with van der Waals surface area (Å²) >= 11 is 0. The van der Waals surface area contributed by atoms with E-state index in [0.717, 1.165) is 0 Å². The highest BCUT2D eigenvalue weighted by atomic mass is 16.8. The molecule has 0 aliphatic carbocycles. The standard InChI is InChI=1S/C36H56O31/c1-4-7(37)11(41)23(31(56)57-4)63-33-18(48)15(45)20(26(66-33)29(52)53)60-36-25(13(43)9(39)6(3)59-36)65-34-19(49)16(46)21(27(67-34)30(54)55)61-35-24(12(42)8(38)5(2)58-35)64-32-17(47)10(40)14(44)22(62-32)28(50)51/h4-27,31-49,56H,1-3H3,(H,50,51)(H,52,53)(H,54,55)/t4-,5-,6-,7-,8-,9-,10-,11+,12+,13+,14+,15+,16+,17+,18+,19+,20+,21+,22-,23+,24+,25+,26-,27-,31?,32+,33-,34-,35-,36-/m0/s1. The SMILES string of the molecule is C[C@@H]1O[C@@H](O[C@@H]2[C@H](O)[C@@H](O)[C@@H](O[C@H]3[C@H](O[C@@H]4[C@H](O)[C@@H](O)[C@@H](O[C@H]5C(O)O[C@@H](C)[C@H](O)[C@H]5O)O[C@@H]4C(=O)O)O[C@@H](C)[C@H](O)[C@H]3O)O[C@@H]2C(=O)O)[C@H](O[C@H]2O[C@H](C(=O)O)[C@H](O)[C@H](O)[C@H]2O)[C@H](O)[C@H]1O. The van der Waals surface area contributed by atoms with Gasteiger partial charge in [-0.3, -0.25) is 0 Å². The summed E-state index contributed by atoms with van der Waals surface area (Å²) in [5.41, 5.74) is 0. The van der Waals surface area contributed by atoms with Crippen LogP contribution in [-0.4, -0.2) is 289 Å². The molecule has 0 aromatic carbocycles. The summed E-state index contributed by atoms with van der Waals surface area (Å²) in [7, 11) is 0. The molecule has 67 heavy (non-hydrogen) atoms. The topological polar surface area (TPSA) is 497 Å². The molecule has 386 valence electrons. The Morgan fingerprint density at radius 2 is 0.582 bits per heavy atom. The predicted octanol–water partition coefficient (Wildman–Crippen LogP) is -10.7. The number of aliphatic carboxylic acids is 3. The highest BCUT2D eigenvalue weighted by Gasteiger charge is 2.59. The van der Waals surface area contributed by atoms with Crippen LogP contribution in [0.4, 0.5) is 0 Å². The molecule has 0 spiro atoms. The average Bonchev–Trinajstić information content (AvgIpc) is 3.26. The molecule has 31 nitrogen and oxygen atoms in total. The molecule has 0 radical (unpaired) electrons. The van der Waals surface area contributed by atoms with E-state index < -0.39 is 202 Å². The highest BCUT2D eigenvalue weighted by molar-refractivity contribution is 5.74. The van der Waals surface area contributed by atoms with Gasteiger partial charge in [-0.05, 0) is 20.8 Å². The van der Waals surface area contributed by atoms with Crippen molar-refractivity contribution in [3.05, 3.63) is 0 Å². The van der Waals surface area contributed by atoms with E-state index in [9.17, 15) is 101 Å². The zero-order valence-electron chi connectivity index (χ0n) is 35.1. The fraction of sp³-hybridized carbons (Fsp3) is 0.917. The quantitative estimate of drug-likeness (QED) is 0.0815. The maximum atomic E-state index is 12.7. The molecule has 6 fully saturated rings.